The lowest BCUT2D eigenvalue weighted by Gasteiger charge is -2.30. The number of hydrogen-bond donors (Lipinski definition) is 1. The Morgan fingerprint density at radius 2 is 1.21 bits per heavy atom. The third-order valence-corrected chi connectivity index (χ3v) is 5.78. The molecule has 174 valence electrons. The smallest absolute Gasteiger partial charge is 0.408 e. The summed E-state index contributed by atoms with van der Waals surface area (Å²) in [5, 5.41) is 6.91. The summed E-state index contributed by atoms with van der Waals surface area (Å²) in [5.41, 5.74) is 1.13. The van der Waals surface area contributed by atoms with Crippen LogP contribution in [0.15, 0.2) is 84.9 Å². The number of esters is 1. The second kappa shape index (κ2) is 9.56. The lowest BCUT2D eigenvalue weighted by atomic mass is 9.80. The number of ether oxygens (including phenoxy) is 2. The lowest BCUT2D eigenvalue weighted by Crippen LogP contribution is -2.47. The Morgan fingerprint density at radius 3 is 1.68 bits per heavy atom. The molecule has 0 fully saturated rings. The van der Waals surface area contributed by atoms with Gasteiger partial charge in [-0.2, -0.15) is 0 Å². The zero-order chi connectivity index (χ0) is 24.3. The van der Waals surface area contributed by atoms with Gasteiger partial charge in [0.1, 0.15) is 11.6 Å². The van der Waals surface area contributed by atoms with Crippen LogP contribution in [0.4, 0.5) is 4.79 Å². The number of nitrogens with one attached hydrogen (secondary N) is 1. The highest BCUT2D eigenvalue weighted by molar-refractivity contribution is 5.93. The molecule has 1 atom stereocenters. The van der Waals surface area contributed by atoms with Crippen LogP contribution in [-0.4, -0.2) is 30.8 Å². The predicted molar refractivity (Wildman–Crippen MR) is 135 cm³/mol. The highest BCUT2D eigenvalue weighted by Crippen LogP contribution is 2.37. The van der Waals surface area contributed by atoms with Crippen molar-refractivity contribution in [3.63, 3.8) is 0 Å². The van der Waals surface area contributed by atoms with Gasteiger partial charge < -0.3 is 14.8 Å². The maximum Gasteiger partial charge on any atom is 0.408 e. The SMILES string of the molecule is COC(=O)C(NC(=O)OC(C)(C)C)C(c1cccc2ccccc12)c1cccc2ccccc12. The molecule has 1 N–H and O–H groups in total. The van der Waals surface area contributed by atoms with E-state index in [4.69, 9.17) is 9.47 Å². The van der Waals surface area contributed by atoms with Crippen LogP contribution in [0, 0.1) is 0 Å². The second-order valence-corrected chi connectivity index (χ2v) is 9.26. The average molecular weight is 456 g/mol. The van der Waals surface area contributed by atoms with Crippen molar-refractivity contribution in [2.45, 2.75) is 38.3 Å². The molecule has 4 aromatic rings. The molecule has 0 saturated carbocycles. The van der Waals surface area contributed by atoms with Crippen LogP contribution in [0.2, 0.25) is 0 Å². The molecule has 0 saturated heterocycles. The Bertz CT molecular complexity index is 1250. The fourth-order valence-electron chi connectivity index (χ4n) is 4.41. The minimum atomic E-state index is -1.00. The topological polar surface area (TPSA) is 64.6 Å². The van der Waals surface area contributed by atoms with Gasteiger partial charge in [0.2, 0.25) is 0 Å². The molecule has 0 heterocycles. The van der Waals surface area contributed by atoms with Crippen LogP contribution < -0.4 is 5.32 Å². The number of carbonyl (C=O) groups is 2. The third-order valence-electron chi connectivity index (χ3n) is 5.78. The van der Waals surface area contributed by atoms with Crippen LogP contribution in [0.5, 0.6) is 0 Å². The minimum absolute atomic E-state index is 0.517. The molecule has 34 heavy (non-hydrogen) atoms. The molecule has 0 aromatic heterocycles. The van der Waals surface area contributed by atoms with E-state index in [0.717, 1.165) is 32.7 Å². The summed E-state index contributed by atoms with van der Waals surface area (Å²) in [6, 6.07) is 27.1. The van der Waals surface area contributed by atoms with Gasteiger partial charge in [-0.3, -0.25) is 0 Å². The van der Waals surface area contributed by atoms with Gasteiger partial charge in [0.05, 0.1) is 7.11 Å². The zero-order valence-electron chi connectivity index (χ0n) is 19.9. The van der Waals surface area contributed by atoms with E-state index in [1.165, 1.54) is 7.11 Å². The van der Waals surface area contributed by atoms with E-state index in [-0.39, 0.29) is 0 Å². The van der Waals surface area contributed by atoms with Crippen molar-refractivity contribution in [3.05, 3.63) is 96.1 Å². The zero-order valence-corrected chi connectivity index (χ0v) is 19.9. The van der Waals surface area contributed by atoms with E-state index in [2.05, 4.69) is 5.32 Å². The van der Waals surface area contributed by atoms with Gasteiger partial charge in [0.25, 0.3) is 0 Å². The highest BCUT2D eigenvalue weighted by atomic mass is 16.6. The Balaban J connectivity index is 1.95. The number of amides is 1. The summed E-state index contributed by atoms with van der Waals surface area (Å²) in [5.74, 6) is -1.06. The number of alkyl carbamates (subject to hydrolysis) is 1. The first-order valence-electron chi connectivity index (χ1n) is 11.3. The molecule has 1 amide bonds. The second-order valence-electron chi connectivity index (χ2n) is 9.26. The molecule has 0 aliphatic carbocycles. The van der Waals surface area contributed by atoms with E-state index in [9.17, 15) is 9.59 Å². The fourth-order valence-corrected chi connectivity index (χ4v) is 4.41. The molecule has 0 radical (unpaired) electrons. The molecule has 5 nitrogen and oxygen atoms in total. The van der Waals surface area contributed by atoms with Crippen molar-refractivity contribution in [1.29, 1.82) is 0 Å². The number of rotatable bonds is 5. The van der Waals surface area contributed by atoms with Crippen LogP contribution in [0.3, 0.4) is 0 Å². The third kappa shape index (κ3) is 4.88. The Kier molecular flexibility index (Phi) is 6.55. The number of carbonyl (C=O) groups excluding carboxylic acids is 2. The predicted octanol–water partition coefficient (Wildman–Crippen LogP) is 6.19. The monoisotopic (exact) mass is 455 g/mol. The van der Waals surface area contributed by atoms with E-state index in [1.54, 1.807) is 20.8 Å². The fraction of sp³-hybridized carbons (Fsp3) is 0.241. The lowest BCUT2D eigenvalue weighted by molar-refractivity contribution is -0.143. The Morgan fingerprint density at radius 1 is 0.735 bits per heavy atom. The van der Waals surface area contributed by atoms with Crippen molar-refractivity contribution in [2.24, 2.45) is 0 Å². The summed E-state index contributed by atoms with van der Waals surface area (Å²) >= 11 is 0. The van der Waals surface area contributed by atoms with Gasteiger partial charge in [-0.05, 0) is 53.4 Å². The van der Waals surface area contributed by atoms with Crippen LogP contribution in [0.25, 0.3) is 21.5 Å². The maximum atomic E-state index is 13.2. The molecule has 0 aliphatic heterocycles. The van der Waals surface area contributed by atoms with Crippen molar-refractivity contribution >= 4 is 33.6 Å². The number of hydrogen-bond acceptors (Lipinski definition) is 4. The Labute approximate surface area is 199 Å². The van der Waals surface area contributed by atoms with Gasteiger partial charge >= 0.3 is 12.1 Å². The molecular weight excluding hydrogens is 426 g/mol. The van der Waals surface area contributed by atoms with Crippen molar-refractivity contribution in [1.82, 2.24) is 5.32 Å². The summed E-state index contributed by atoms with van der Waals surface area (Å²) in [6.45, 7) is 5.35. The van der Waals surface area contributed by atoms with Gasteiger partial charge in [-0.15, -0.1) is 0 Å². The van der Waals surface area contributed by atoms with Crippen LogP contribution >= 0.6 is 0 Å². The highest BCUT2D eigenvalue weighted by Gasteiger charge is 2.36. The number of methoxy groups -OCH3 is 1. The molecule has 4 aromatic carbocycles. The molecule has 5 heteroatoms. The average Bonchev–Trinajstić information content (AvgIpc) is 2.82. The van der Waals surface area contributed by atoms with E-state index >= 15 is 0 Å². The van der Waals surface area contributed by atoms with E-state index in [0.29, 0.717) is 0 Å². The Hall–Kier alpha value is -3.86. The molecule has 0 spiro atoms. The normalized spacial score (nSPS) is 12.5. The summed E-state index contributed by atoms with van der Waals surface area (Å²) in [6.07, 6.45) is -0.673. The van der Waals surface area contributed by atoms with Crippen molar-refractivity contribution in [3.8, 4) is 0 Å². The maximum absolute atomic E-state index is 13.2. The molecule has 1 unspecified atom stereocenters. The molecule has 0 bridgehead atoms. The van der Waals surface area contributed by atoms with Gasteiger partial charge in [-0.25, -0.2) is 9.59 Å². The quantitative estimate of drug-likeness (QED) is 0.364. The first-order chi connectivity index (χ1) is 16.3. The van der Waals surface area contributed by atoms with Crippen LogP contribution in [-0.2, 0) is 14.3 Å². The minimum Gasteiger partial charge on any atom is -0.467 e. The van der Waals surface area contributed by atoms with E-state index in [1.807, 2.05) is 84.9 Å². The standard InChI is InChI=1S/C29H29NO4/c1-29(2,3)34-28(32)30-26(27(31)33-4)25(23-17-9-13-19-11-5-7-15-21(19)23)24-18-10-14-20-12-6-8-16-22(20)24/h5-18,25-26H,1-4H3,(H,30,32). The largest absolute Gasteiger partial charge is 0.467 e. The summed E-state index contributed by atoms with van der Waals surface area (Å²) in [4.78, 5) is 26.0. The number of fused-ring (bicyclic) bond motifs is 2. The first kappa shape index (κ1) is 23.3. The molecule has 4 rings (SSSR count). The van der Waals surface area contributed by atoms with Crippen LogP contribution in [0.1, 0.15) is 37.8 Å². The summed E-state index contributed by atoms with van der Waals surface area (Å²) in [7, 11) is 1.33. The first-order valence-corrected chi connectivity index (χ1v) is 11.3. The van der Waals surface area contributed by atoms with E-state index < -0.39 is 29.6 Å². The summed E-state index contributed by atoms with van der Waals surface area (Å²) < 4.78 is 10.7. The number of benzene rings is 4. The molecule has 0 aliphatic rings. The van der Waals surface area contributed by atoms with Crippen molar-refractivity contribution < 1.29 is 19.1 Å². The molecular formula is C29H29NO4. The van der Waals surface area contributed by atoms with Crippen molar-refractivity contribution in [2.75, 3.05) is 7.11 Å². The van der Waals surface area contributed by atoms with Gasteiger partial charge in [0, 0.05) is 5.92 Å². The van der Waals surface area contributed by atoms with Gasteiger partial charge in [0.15, 0.2) is 0 Å². The van der Waals surface area contributed by atoms with Gasteiger partial charge in [-0.1, -0.05) is 84.9 Å².